The molecule has 1 aliphatic rings. The van der Waals surface area contributed by atoms with Gasteiger partial charge in [-0.1, -0.05) is 0 Å². The summed E-state index contributed by atoms with van der Waals surface area (Å²) in [5.41, 5.74) is 0. The first-order chi connectivity index (χ1) is 6.58. The lowest BCUT2D eigenvalue weighted by atomic mass is 10.7. The zero-order valence-electron chi connectivity index (χ0n) is 7.14. The Hall–Kier alpha value is -0.690. The Morgan fingerprint density at radius 3 is 2.57 bits per heavy atom. The van der Waals surface area contributed by atoms with Crippen molar-refractivity contribution in [2.75, 3.05) is 4.72 Å². The van der Waals surface area contributed by atoms with Gasteiger partial charge in [0.15, 0.2) is 5.82 Å². The van der Waals surface area contributed by atoms with Gasteiger partial charge in [0.2, 0.25) is 10.0 Å². The van der Waals surface area contributed by atoms with Gasteiger partial charge < -0.3 is 0 Å². The molecule has 0 saturated heterocycles. The second-order valence-corrected chi connectivity index (χ2v) is 5.84. The zero-order chi connectivity index (χ0) is 10.2. The minimum Gasteiger partial charge on any atom is -0.266 e. The van der Waals surface area contributed by atoms with E-state index in [1.54, 1.807) is 0 Å². The predicted octanol–water partition coefficient (Wildman–Crippen LogP) is 1.14. The largest absolute Gasteiger partial charge is 0.266 e. The van der Waals surface area contributed by atoms with Crippen LogP contribution in [0.5, 0.6) is 0 Å². The number of rotatable bonds is 3. The summed E-state index contributed by atoms with van der Waals surface area (Å²) in [6.07, 6.45) is 4.30. The van der Waals surface area contributed by atoms with E-state index in [2.05, 4.69) is 30.6 Å². The van der Waals surface area contributed by atoms with E-state index in [0.29, 0.717) is 4.60 Å². The van der Waals surface area contributed by atoms with Crippen LogP contribution in [0.4, 0.5) is 5.82 Å². The summed E-state index contributed by atoms with van der Waals surface area (Å²) in [5, 5.41) is -0.243. The number of sulfonamides is 1. The van der Waals surface area contributed by atoms with Crippen LogP contribution >= 0.6 is 15.9 Å². The van der Waals surface area contributed by atoms with Gasteiger partial charge in [-0.2, -0.15) is 0 Å². The third-order valence-electron chi connectivity index (χ3n) is 1.83. The number of aromatic nitrogens is 2. The molecule has 1 fully saturated rings. The highest BCUT2D eigenvalue weighted by Gasteiger charge is 2.35. The van der Waals surface area contributed by atoms with Crippen LogP contribution in [0.3, 0.4) is 0 Å². The number of anilines is 1. The lowest BCUT2D eigenvalue weighted by Crippen LogP contribution is -2.18. The fraction of sp³-hybridized carbons (Fsp3) is 0.429. The highest BCUT2D eigenvalue weighted by molar-refractivity contribution is 9.10. The fourth-order valence-corrected chi connectivity index (χ4v) is 2.50. The van der Waals surface area contributed by atoms with Crippen molar-refractivity contribution in [1.29, 1.82) is 0 Å². The van der Waals surface area contributed by atoms with Crippen molar-refractivity contribution in [2.24, 2.45) is 0 Å². The van der Waals surface area contributed by atoms with Crippen molar-refractivity contribution >= 4 is 31.8 Å². The van der Waals surface area contributed by atoms with Crippen LogP contribution < -0.4 is 4.72 Å². The first-order valence-corrected chi connectivity index (χ1v) is 6.41. The summed E-state index contributed by atoms with van der Waals surface area (Å²) in [7, 11) is -3.22. The van der Waals surface area contributed by atoms with E-state index >= 15 is 0 Å². The van der Waals surface area contributed by atoms with Gasteiger partial charge in [-0.15, -0.1) is 0 Å². The Labute approximate surface area is 90.1 Å². The third-order valence-corrected chi connectivity index (χ3v) is 4.08. The second-order valence-electron chi connectivity index (χ2n) is 3.07. The molecule has 0 atom stereocenters. The number of halogens is 1. The molecule has 5 nitrogen and oxygen atoms in total. The molecule has 1 aliphatic carbocycles. The number of nitrogens with zero attached hydrogens (tertiary/aromatic N) is 2. The van der Waals surface area contributed by atoms with Crippen LogP contribution in [-0.2, 0) is 10.0 Å². The second kappa shape index (κ2) is 3.47. The lowest BCUT2D eigenvalue weighted by Gasteiger charge is -2.04. The molecule has 0 radical (unpaired) electrons. The third kappa shape index (κ3) is 2.21. The smallest absolute Gasteiger partial charge is 0.236 e. The normalized spacial score (nSPS) is 16.6. The van der Waals surface area contributed by atoms with Crippen LogP contribution in [0.25, 0.3) is 0 Å². The van der Waals surface area contributed by atoms with E-state index in [0.717, 1.165) is 12.8 Å². The molecule has 14 heavy (non-hydrogen) atoms. The summed E-state index contributed by atoms with van der Waals surface area (Å²) < 4.78 is 25.9. The topological polar surface area (TPSA) is 72.0 Å². The van der Waals surface area contributed by atoms with E-state index in [-0.39, 0.29) is 11.1 Å². The predicted molar refractivity (Wildman–Crippen MR) is 55.3 cm³/mol. The van der Waals surface area contributed by atoms with Crippen molar-refractivity contribution in [3.63, 3.8) is 0 Å². The molecule has 1 N–H and O–H groups in total. The maximum Gasteiger partial charge on any atom is 0.236 e. The summed E-state index contributed by atoms with van der Waals surface area (Å²) in [4.78, 5) is 7.74. The highest BCUT2D eigenvalue weighted by Crippen LogP contribution is 2.29. The molecular weight excluding hydrogens is 270 g/mol. The van der Waals surface area contributed by atoms with Gasteiger partial charge >= 0.3 is 0 Å². The van der Waals surface area contributed by atoms with Crippen molar-refractivity contribution in [3.8, 4) is 0 Å². The summed E-state index contributed by atoms with van der Waals surface area (Å²) in [5.74, 6) is 0.264. The molecule has 1 heterocycles. The van der Waals surface area contributed by atoms with Gasteiger partial charge in [-0.05, 0) is 28.8 Å². The molecule has 1 aromatic rings. The standard InChI is InChI=1S/C7H8BrN3O2S/c8-6-3-10-7(4-9-6)11-14(12,13)5-1-2-5/h3-5H,1-2H2,(H,10,11). The Balaban J connectivity index is 2.14. The molecule has 2 rings (SSSR count). The molecule has 0 aromatic carbocycles. The van der Waals surface area contributed by atoms with Gasteiger partial charge in [0.25, 0.3) is 0 Å². The number of nitrogens with one attached hydrogen (secondary N) is 1. The first-order valence-electron chi connectivity index (χ1n) is 4.07. The van der Waals surface area contributed by atoms with Crippen molar-refractivity contribution in [3.05, 3.63) is 17.0 Å². The molecule has 0 unspecified atom stereocenters. The van der Waals surface area contributed by atoms with Gasteiger partial charge in [0.1, 0.15) is 4.60 Å². The zero-order valence-corrected chi connectivity index (χ0v) is 9.55. The van der Waals surface area contributed by atoms with E-state index in [1.807, 2.05) is 0 Å². The number of hydrogen-bond acceptors (Lipinski definition) is 4. The fourth-order valence-electron chi connectivity index (χ4n) is 0.972. The monoisotopic (exact) mass is 277 g/mol. The molecule has 1 saturated carbocycles. The maximum absolute atomic E-state index is 11.5. The molecule has 1 aromatic heterocycles. The molecular formula is C7H8BrN3O2S. The number of hydrogen-bond donors (Lipinski definition) is 1. The van der Waals surface area contributed by atoms with Gasteiger partial charge in [0, 0.05) is 0 Å². The van der Waals surface area contributed by atoms with Crippen LogP contribution in [0, 0.1) is 0 Å². The summed E-state index contributed by atoms with van der Waals surface area (Å²) in [6, 6.07) is 0. The van der Waals surface area contributed by atoms with E-state index in [9.17, 15) is 8.42 Å². The molecule has 0 spiro atoms. The van der Waals surface area contributed by atoms with E-state index in [4.69, 9.17) is 0 Å². The lowest BCUT2D eigenvalue weighted by molar-refractivity contribution is 0.599. The van der Waals surface area contributed by atoms with E-state index in [1.165, 1.54) is 12.4 Å². The van der Waals surface area contributed by atoms with Crippen molar-refractivity contribution < 1.29 is 8.42 Å². The average Bonchev–Trinajstić information content (AvgIpc) is 2.91. The van der Waals surface area contributed by atoms with Gasteiger partial charge in [0.05, 0.1) is 17.6 Å². The van der Waals surface area contributed by atoms with Gasteiger partial charge in [-0.3, -0.25) is 4.72 Å². The molecule has 0 aliphatic heterocycles. The van der Waals surface area contributed by atoms with Crippen molar-refractivity contribution in [1.82, 2.24) is 9.97 Å². The minimum absolute atomic E-state index is 0.243. The SMILES string of the molecule is O=S(=O)(Nc1cnc(Br)cn1)C1CC1. The average molecular weight is 278 g/mol. The Kier molecular flexibility index (Phi) is 2.44. The quantitative estimate of drug-likeness (QED) is 0.900. The maximum atomic E-state index is 11.5. The highest BCUT2D eigenvalue weighted by atomic mass is 79.9. The molecule has 0 amide bonds. The Morgan fingerprint density at radius 2 is 2.07 bits per heavy atom. The molecule has 76 valence electrons. The molecule has 7 heteroatoms. The summed E-state index contributed by atoms with van der Waals surface area (Å²) in [6.45, 7) is 0. The van der Waals surface area contributed by atoms with Crippen LogP contribution in [0.2, 0.25) is 0 Å². The first kappa shape index (κ1) is 9.85. The van der Waals surface area contributed by atoms with E-state index < -0.39 is 10.0 Å². The minimum atomic E-state index is -3.22. The van der Waals surface area contributed by atoms with Crippen LogP contribution in [-0.4, -0.2) is 23.6 Å². The van der Waals surface area contributed by atoms with Crippen LogP contribution in [0.15, 0.2) is 17.0 Å². The van der Waals surface area contributed by atoms with Gasteiger partial charge in [-0.25, -0.2) is 18.4 Å². The Morgan fingerprint density at radius 1 is 1.36 bits per heavy atom. The summed E-state index contributed by atoms with van der Waals surface area (Å²) >= 11 is 3.12. The Bertz CT molecular complexity index is 427. The van der Waals surface area contributed by atoms with Crippen LogP contribution in [0.1, 0.15) is 12.8 Å². The van der Waals surface area contributed by atoms with Crippen molar-refractivity contribution in [2.45, 2.75) is 18.1 Å². The molecule has 0 bridgehead atoms.